The van der Waals surface area contributed by atoms with Crippen LogP contribution in [0.25, 0.3) is 33.6 Å². The number of benzene rings is 2. The number of aryl methyl sites for hydroxylation is 2. The second-order valence-corrected chi connectivity index (χ2v) is 9.37. The largest absolute Gasteiger partial charge is 0.440 e. The molecule has 0 aliphatic carbocycles. The van der Waals surface area contributed by atoms with Gasteiger partial charge < -0.3 is 10.2 Å². The number of fused-ring (bicyclic) bond motifs is 1. The lowest BCUT2D eigenvalue weighted by Gasteiger charge is -2.08. The van der Waals surface area contributed by atoms with E-state index in [4.69, 9.17) is 10.2 Å². The molecule has 5 aromatic rings. The predicted octanol–water partition coefficient (Wildman–Crippen LogP) is 4.79. The molecule has 0 unspecified atom stereocenters. The van der Waals surface area contributed by atoms with Crippen molar-refractivity contribution in [3.63, 3.8) is 0 Å². The highest BCUT2D eigenvalue weighted by Crippen LogP contribution is 2.37. The van der Waals surface area contributed by atoms with E-state index in [0.717, 1.165) is 11.1 Å². The zero-order valence-corrected chi connectivity index (χ0v) is 18.3. The van der Waals surface area contributed by atoms with E-state index in [2.05, 4.69) is 9.97 Å². The Bertz CT molecular complexity index is 1550. The molecule has 0 spiro atoms. The smallest absolute Gasteiger partial charge is 0.269 e. The van der Waals surface area contributed by atoms with Gasteiger partial charge in [-0.25, -0.2) is 22.4 Å². The van der Waals surface area contributed by atoms with Crippen LogP contribution in [0.15, 0.2) is 82.4 Å². The van der Waals surface area contributed by atoms with Crippen LogP contribution in [0.4, 0.5) is 5.69 Å². The molecular weight excluding hydrogens is 424 g/mol. The second-order valence-electron chi connectivity index (χ2n) is 7.56. The Kier molecular flexibility index (Phi) is 4.60. The number of aromatic nitrogens is 3. The van der Waals surface area contributed by atoms with Crippen molar-refractivity contribution < 1.29 is 12.8 Å². The van der Waals surface area contributed by atoms with Crippen LogP contribution in [-0.2, 0) is 10.0 Å². The summed E-state index contributed by atoms with van der Waals surface area (Å²) >= 11 is 0. The Balaban J connectivity index is 1.69. The van der Waals surface area contributed by atoms with Gasteiger partial charge in [0.25, 0.3) is 10.0 Å². The fourth-order valence-electron chi connectivity index (χ4n) is 3.68. The average Bonchev–Trinajstić information content (AvgIpc) is 3.38. The molecular formula is C24H20N4O3S. The van der Waals surface area contributed by atoms with E-state index >= 15 is 0 Å². The molecule has 0 amide bonds. The molecule has 0 atom stereocenters. The highest BCUT2D eigenvalue weighted by Gasteiger charge is 2.23. The number of hydrogen-bond acceptors (Lipinski definition) is 6. The Morgan fingerprint density at radius 1 is 0.938 bits per heavy atom. The number of anilines is 1. The third-order valence-corrected chi connectivity index (χ3v) is 6.98. The number of hydrogen-bond donors (Lipinski definition) is 1. The lowest BCUT2D eigenvalue weighted by molar-refractivity contribution is 0.535. The standard InChI is InChI=1S/C24H20N4O3S/c1-15-3-9-19(10-4-15)32(29,30)28-14-12-21-20(11-13-26-24(21)28)23-22(27-16(2)31-23)17-5-7-18(25)8-6-17/h3-14H,25H2,1-2H3. The highest BCUT2D eigenvalue weighted by atomic mass is 32.2. The summed E-state index contributed by atoms with van der Waals surface area (Å²) in [5, 5.41) is 0.649. The van der Waals surface area contributed by atoms with Gasteiger partial charge in [0.05, 0.1) is 4.90 Å². The maximum absolute atomic E-state index is 13.3. The van der Waals surface area contributed by atoms with Gasteiger partial charge in [-0.15, -0.1) is 0 Å². The van der Waals surface area contributed by atoms with Gasteiger partial charge in [0, 0.05) is 41.5 Å². The second kappa shape index (κ2) is 7.35. The van der Waals surface area contributed by atoms with Crippen molar-refractivity contribution in [3.8, 4) is 22.6 Å². The Hall–Kier alpha value is -3.91. The van der Waals surface area contributed by atoms with E-state index < -0.39 is 10.0 Å². The van der Waals surface area contributed by atoms with Crippen molar-refractivity contribution in [2.24, 2.45) is 0 Å². The molecule has 2 aromatic carbocycles. The van der Waals surface area contributed by atoms with E-state index in [9.17, 15) is 8.42 Å². The minimum atomic E-state index is -3.81. The Labute approximate surface area is 185 Å². The van der Waals surface area contributed by atoms with Crippen LogP contribution in [0.5, 0.6) is 0 Å². The summed E-state index contributed by atoms with van der Waals surface area (Å²) < 4.78 is 33.7. The third kappa shape index (κ3) is 3.25. The first kappa shape index (κ1) is 20.0. The maximum atomic E-state index is 13.3. The number of pyridine rings is 1. The monoisotopic (exact) mass is 444 g/mol. The molecule has 160 valence electrons. The molecule has 8 heteroatoms. The van der Waals surface area contributed by atoms with Gasteiger partial charge >= 0.3 is 0 Å². The lowest BCUT2D eigenvalue weighted by Crippen LogP contribution is -2.12. The van der Waals surface area contributed by atoms with Crippen LogP contribution in [-0.4, -0.2) is 22.4 Å². The molecule has 0 saturated heterocycles. The van der Waals surface area contributed by atoms with Crippen molar-refractivity contribution >= 4 is 26.7 Å². The first-order chi connectivity index (χ1) is 15.3. The van der Waals surface area contributed by atoms with Gasteiger partial charge in [0.2, 0.25) is 0 Å². The van der Waals surface area contributed by atoms with Crippen LogP contribution in [0, 0.1) is 13.8 Å². The van der Waals surface area contributed by atoms with Gasteiger partial charge in [-0.3, -0.25) is 0 Å². The van der Waals surface area contributed by atoms with Crippen LogP contribution >= 0.6 is 0 Å². The normalized spacial score (nSPS) is 11.8. The first-order valence-electron chi connectivity index (χ1n) is 9.96. The van der Waals surface area contributed by atoms with E-state index in [1.807, 2.05) is 19.1 Å². The summed E-state index contributed by atoms with van der Waals surface area (Å²) in [6.45, 7) is 3.68. The molecule has 0 fully saturated rings. The number of oxazole rings is 1. The van der Waals surface area contributed by atoms with Gasteiger partial charge in [-0.1, -0.05) is 29.8 Å². The van der Waals surface area contributed by atoms with Crippen LogP contribution < -0.4 is 5.73 Å². The SMILES string of the molecule is Cc1ccc(S(=O)(=O)n2ccc3c(-c4oc(C)nc4-c4ccc(N)cc4)ccnc32)cc1. The van der Waals surface area contributed by atoms with Crippen molar-refractivity contribution in [1.82, 2.24) is 13.9 Å². The van der Waals surface area contributed by atoms with Crippen molar-refractivity contribution in [3.05, 3.63) is 84.5 Å². The predicted molar refractivity (Wildman–Crippen MR) is 124 cm³/mol. The molecule has 3 aromatic heterocycles. The zero-order valence-electron chi connectivity index (χ0n) is 17.5. The molecule has 0 saturated carbocycles. The average molecular weight is 445 g/mol. The Morgan fingerprint density at radius 2 is 1.66 bits per heavy atom. The number of nitrogens with two attached hydrogens (primary N) is 1. The van der Waals surface area contributed by atoms with Crippen LogP contribution in [0.3, 0.4) is 0 Å². The number of nitrogens with zero attached hydrogens (tertiary/aromatic N) is 3. The third-order valence-electron chi connectivity index (χ3n) is 5.30. The van der Waals surface area contributed by atoms with Gasteiger partial charge in [-0.2, -0.15) is 0 Å². The molecule has 0 bridgehead atoms. The molecule has 2 N–H and O–H groups in total. The summed E-state index contributed by atoms with van der Waals surface area (Å²) in [6, 6.07) is 17.6. The van der Waals surface area contributed by atoms with Gasteiger partial charge in [-0.05, 0) is 43.3 Å². The summed E-state index contributed by atoms with van der Waals surface area (Å²) in [5.74, 6) is 1.05. The zero-order chi connectivity index (χ0) is 22.5. The Morgan fingerprint density at radius 3 is 2.38 bits per heavy atom. The van der Waals surface area contributed by atoms with E-state index in [-0.39, 0.29) is 4.90 Å². The first-order valence-corrected chi connectivity index (χ1v) is 11.4. The molecule has 0 radical (unpaired) electrons. The molecule has 3 heterocycles. The minimum absolute atomic E-state index is 0.200. The number of nitrogen functional groups attached to an aromatic ring is 1. The minimum Gasteiger partial charge on any atom is -0.440 e. The summed E-state index contributed by atoms with van der Waals surface area (Å²) in [4.78, 5) is 9.11. The molecule has 0 aliphatic rings. The molecule has 0 aliphatic heterocycles. The van der Waals surface area contributed by atoms with Crippen LogP contribution in [0.1, 0.15) is 11.5 Å². The van der Waals surface area contributed by atoms with Crippen LogP contribution in [0.2, 0.25) is 0 Å². The fourth-order valence-corrected chi connectivity index (χ4v) is 4.98. The summed E-state index contributed by atoms with van der Waals surface area (Å²) in [6.07, 6.45) is 3.09. The van der Waals surface area contributed by atoms with Crippen molar-refractivity contribution in [2.45, 2.75) is 18.7 Å². The van der Waals surface area contributed by atoms with Gasteiger partial charge in [0.15, 0.2) is 17.3 Å². The lowest BCUT2D eigenvalue weighted by atomic mass is 10.0. The molecule has 32 heavy (non-hydrogen) atoms. The topological polar surface area (TPSA) is 104 Å². The van der Waals surface area contributed by atoms with Gasteiger partial charge in [0.1, 0.15) is 5.69 Å². The fraction of sp³-hybridized carbons (Fsp3) is 0.0833. The van der Waals surface area contributed by atoms with Crippen molar-refractivity contribution in [1.29, 1.82) is 0 Å². The van der Waals surface area contributed by atoms with E-state index in [1.54, 1.807) is 61.7 Å². The quantitative estimate of drug-likeness (QED) is 0.400. The molecule has 7 nitrogen and oxygen atoms in total. The molecule has 5 rings (SSSR count). The number of rotatable bonds is 4. The van der Waals surface area contributed by atoms with E-state index in [0.29, 0.717) is 39.6 Å². The van der Waals surface area contributed by atoms with E-state index in [1.165, 1.54) is 10.2 Å². The maximum Gasteiger partial charge on any atom is 0.269 e. The van der Waals surface area contributed by atoms with Crippen molar-refractivity contribution in [2.75, 3.05) is 5.73 Å². The highest BCUT2D eigenvalue weighted by molar-refractivity contribution is 7.90. The summed E-state index contributed by atoms with van der Waals surface area (Å²) in [7, 11) is -3.81. The summed E-state index contributed by atoms with van der Waals surface area (Å²) in [5.41, 5.74) is 9.99.